The minimum Gasteiger partial charge on any atom is -0.352 e. The minimum atomic E-state index is -0.585. The monoisotopic (exact) mass is 410 g/mol. The van der Waals surface area contributed by atoms with Gasteiger partial charge in [-0.05, 0) is 36.1 Å². The number of hydrogen-bond donors (Lipinski definition) is 3. The summed E-state index contributed by atoms with van der Waals surface area (Å²) >= 11 is 6.28. The summed E-state index contributed by atoms with van der Waals surface area (Å²) in [7, 11) is 0. The Hall–Kier alpha value is -3.06. The zero-order valence-electron chi connectivity index (χ0n) is 15.5. The van der Waals surface area contributed by atoms with Gasteiger partial charge >= 0.3 is 5.69 Å². The van der Waals surface area contributed by atoms with E-state index in [1.807, 2.05) is 24.3 Å². The van der Waals surface area contributed by atoms with Gasteiger partial charge in [-0.25, -0.2) is 4.79 Å². The summed E-state index contributed by atoms with van der Waals surface area (Å²) < 4.78 is 0. The van der Waals surface area contributed by atoms with Crippen molar-refractivity contribution in [2.45, 2.75) is 37.9 Å². The predicted octanol–water partition coefficient (Wildman–Crippen LogP) is 2.36. The Morgan fingerprint density at radius 3 is 2.62 bits per heavy atom. The molecule has 1 aliphatic heterocycles. The fraction of sp³-hybridized carbons (Fsp3) is 0.286. The minimum absolute atomic E-state index is 0.127. The topological polar surface area (TPSA) is 98.1 Å². The second-order valence-corrected chi connectivity index (χ2v) is 8.07. The number of carbonyl (C=O) groups is 2. The quantitative estimate of drug-likeness (QED) is 0.618. The third-order valence-corrected chi connectivity index (χ3v) is 5.86. The highest BCUT2D eigenvalue weighted by Crippen LogP contribution is 2.28. The molecule has 5 rings (SSSR count). The van der Waals surface area contributed by atoms with Crippen molar-refractivity contribution in [3.63, 3.8) is 0 Å². The Bertz CT molecular complexity index is 1190. The van der Waals surface area contributed by atoms with Gasteiger partial charge in [0, 0.05) is 24.6 Å². The van der Waals surface area contributed by atoms with Crippen LogP contribution in [0, 0.1) is 0 Å². The summed E-state index contributed by atoms with van der Waals surface area (Å²) in [5, 5.41) is 3.30. The Kier molecular flexibility index (Phi) is 4.20. The van der Waals surface area contributed by atoms with E-state index in [9.17, 15) is 14.4 Å². The van der Waals surface area contributed by atoms with Crippen LogP contribution in [-0.4, -0.2) is 38.8 Å². The number of halogens is 1. The van der Waals surface area contributed by atoms with Crippen LogP contribution in [0.1, 0.15) is 34.3 Å². The molecule has 29 heavy (non-hydrogen) atoms. The SMILES string of the molecule is O=C(NC1CC1)[C@H]1Cc2ccccc2CN1C(=O)c1cc(Cl)c2[nH]c(=O)[nH]c2c1. The third kappa shape index (κ3) is 3.31. The summed E-state index contributed by atoms with van der Waals surface area (Å²) in [6.07, 6.45) is 2.43. The molecule has 2 aromatic carbocycles. The number of fused-ring (bicyclic) bond motifs is 2. The molecule has 0 saturated heterocycles. The van der Waals surface area contributed by atoms with Crippen LogP contribution >= 0.6 is 11.6 Å². The molecule has 1 aromatic heterocycles. The van der Waals surface area contributed by atoms with Crippen molar-refractivity contribution in [3.8, 4) is 0 Å². The molecule has 3 aromatic rings. The van der Waals surface area contributed by atoms with Crippen molar-refractivity contribution in [2.75, 3.05) is 0 Å². The van der Waals surface area contributed by atoms with E-state index in [1.165, 1.54) is 6.07 Å². The van der Waals surface area contributed by atoms with E-state index >= 15 is 0 Å². The Morgan fingerprint density at radius 1 is 1.10 bits per heavy atom. The van der Waals surface area contributed by atoms with E-state index in [0.29, 0.717) is 29.6 Å². The van der Waals surface area contributed by atoms with Gasteiger partial charge in [0.2, 0.25) is 5.91 Å². The van der Waals surface area contributed by atoms with Crippen molar-refractivity contribution in [1.29, 1.82) is 0 Å². The average Bonchev–Trinajstić information content (AvgIpc) is 3.44. The maximum absolute atomic E-state index is 13.4. The van der Waals surface area contributed by atoms with E-state index in [0.717, 1.165) is 24.0 Å². The molecule has 2 amide bonds. The van der Waals surface area contributed by atoms with E-state index < -0.39 is 6.04 Å². The van der Waals surface area contributed by atoms with Gasteiger partial charge in [0.1, 0.15) is 6.04 Å². The summed E-state index contributed by atoms with van der Waals surface area (Å²) in [6.45, 7) is 0.344. The lowest BCUT2D eigenvalue weighted by atomic mass is 9.92. The molecule has 0 radical (unpaired) electrons. The highest BCUT2D eigenvalue weighted by atomic mass is 35.5. The Balaban J connectivity index is 1.53. The number of H-pyrrole nitrogens is 2. The standard InChI is InChI=1S/C21H19ClN4O3/c22-15-7-13(8-16-18(15)25-21(29)24-16)20(28)26-10-12-4-2-1-3-11(12)9-17(26)19(27)23-14-5-6-14/h1-4,7-8,14,17H,5-6,9-10H2,(H,23,27)(H2,24,25,29)/t17-/m1/s1. The molecular weight excluding hydrogens is 392 g/mol. The van der Waals surface area contributed by atoms with Crippen LogP contribution in [0.15, 0.2) is 41.2 Å². The van der Waals surface area contributed by atoms with Gasteiger partial charge in [-0.3, -0.25) is 9.59 Å². The van der Waals surface area contributed by atoms with Crippen LogP contribution in [0.5, 0.6) is 0 Å². The lowest BCUT2D eigenvalue weighted by Gasteiger charge is -2.36. The largest absolute Gasteiger partial charge is 0.352 e. The number of nitrogens with zero attached hydrogens (tertiary/aromatic N) is 1. The molecule has 3 N–H and O–H groups in total. The molecule has 2 heterocycles. The summed E-state index contributed by atoms with van der Waals surface area (Å²) in [4.78, 5) is 44.8. The molecule has 1 atom stereocenters. The van der Waals surface area contributed by atoms with E-state index in [4.69, 9.17) is 11.6 Å². The van der Waals surface area contributed by atoms with Gasteiger partial charge in [0.15, 0.2) is 0 Å². The average molecular weight is 411 g/mol. The number of aromatic amines is 2. The molecule has 148 valence electrons. The van der Waals surface area contributed by atoms with Gasteiger partial charge in [-0.1, -0.05) is 35.9 Å². The maximum Gasteiger partial charge on any atom is 0.323 e. The number of nitrogens with one attached hydrogen (secondary N) is 3. The fourth-order valence-electron chi connectivity index (χ4n) is 3.88. The third-order valence-electron chi connectivity index (χ3n) is 5.56. The molecule has 7 nitrogen and oxygen atoms in total. The Morgan fingerprint density at radius 2 is 1.86 bits per heavy atom. The normalized spacial score (nSPS) is 18.5. The Labute approximate surface area is 171 Å². The number of rotatable bonds is 3. The van der Waals surface area contributed by atoms with Crippen molar-refractivity contribution in [1.82, 2.24) is 20.2 Å². The zero-order valence-corrected chi connectivity index (χ0v) is 16.3. The maximum atomic E-state index is 13.4. The molecule has 1 saturated carbocycles. The number of benzene rings is 2. The molecule has 8 heteroatoms. The zero-order chi connectivity index (χ0) is 20.1. The van der Waals surface area contributed by atoms with Crippen LogP contribution in [0.25, 0.3) is 11.0 Å². The van der Waals surface area contributed by atoms with Crippen molar-refractivity contribution in [3.05, 3.63) is 68.6 Å². The number of amides is 2. The molecule has 0 unspecified atom stereocenters. The summed E-state index contributed by atoms with van der Waals surface area (Å²) in [6, 6.07) is 10.6. The lowest BCUT2D eigenvalue weighted by molar-refractivity contribution is -0.126. The number of imidazole rings is 1. The fourth-order valence-corrected chi connectivity index (χ4v) is 4.15. The lowest BCUT2D eigenvalue weighted by Crippen LogP contribution is -2.53. The second kappa shape index (κ2) is 6.77. The van der Waals surface area contributed by atoms with E-state index in [-0.39, 0.29) is 28.6 Å². The van der Waals surface area contributed by atoms with Gasteiger partial charge in [-0.2, -0.15) is 0 Å². The van der Waals surface area contributed by atoms with Crippen LogP contribution in [0.2, 0.25) is 5.02 Å². The molecular formula is C21H19ClN4O3. The van der Waals surface area contributed by atoms with Crippen molar-refractivity contribution in [2.24, 2.45) is 0 Å². The first kappa shape index (κ1) is 18.0. The van der Waals surface area contributed by atoms with Crippen molar-refractivity contribution >= 4 is 34.4 Å². The first-order valence-corrected chi connectivity index (χ1v) is 9.97. The van der Waals surface area contributed by atoms with Crippen LogP contribution in [-0.2, 0) is 17.8 Å². The van der Waals surface area contributed by atoms with Gasteiger partial charge < -0.3 is 20.2 Å². The molecule has 1 fully saturated rings. The second-order valence-electron chi connectivity index (χ2n) is 7.66. The molecule has 2 aliphatic rings. The predicted molar refractivity (Wildman–Crippen MR) is 109 cm³/mol. The van der Waals surface area contributed by atoms with Crippen LogP contribution in [0.3, 0.4) is 0 Å². The number of carbonyl (C=O) groups excluding carboxylic acids is 2. The first-order valence-electron chi connectivity index (χ1n) is 9.59. The molecule has 0 bridgehead atoms. The molecule has 1 aliphatic carbocycles. The first-order chi connectivity index (χ1) is 14.0. The highest BCUT2D eigenvalue weighted by molar-refractivity contribution is 6.35. The number of hydrogen-bond acceptors (Lipinski definition) is 3. The number of aromatic nitrogens is 2. The van der Waals surface area contributed by atoms with Gasteiger partial charge in [0.05, 0.1) is 16.1 Å². The van der Waals surface area contributed by atoms with E-state index in [1.54, 1.807) is 11.0 Å². The van der Waals surface area contributed by atoms with Gasteiger partial charge in [-0.15, -0.1) is 0 Å². The smallest absolute Gasteiger partial charge is 0.323 e. The van der Waals surface area contributed by atoms with E-state index in [2.05, 4.69) is 15.3 Å². The molecule has 0 spiro atoms. The van der Waals surface area contributed by atoms with Gasteiger partial charge in [0.25, 0.3) is 5.91 Å². The van der Waals surface area contributed by atoms with Crippen molar-refractivity contribution < 1.29 is 9.59 Å². The summed E-state index contributed by atoms with van der Waals surface area (Å²) in [5.74, 6) is -0.418. The van der Waals surface area contributed by atoms with Crippen LogP contribution in [0.4, 0.5) is 0 Å². The van der Waals surface area contributed by atoms with Crippen LogP contribution < -0.4 is 11.0 Å². The summed E-state index contributed by atoms with van der Waals surface area (Å²) in [5.41, 5.74) is 2.97. The highest BCUT2D eigenvalue weighted by Gasteiger charge is 2.37.